The van der Waals surface area contributed by atoms with E-state index in [0.29, 0.717) is 17.0 Å². The van der Waals surface area contributed by atoms with E-state index in [1.54, 1.807) is 25.3 Å². The average molecular weight is 323 g/mol. The van der Waals surface area contributed by atoms with E-state index in [2.05, 4.69) is 5.16 Å². The lowest BCUT2D eigenvalue weighted by Crippen LogP contribution is -2.00. The number of aromatic nitrogens is 1. The van der Waals surface area contributed by atoms with Crippen molar-refractivity contribution in [1.29, 1.82) is 0 Å². The molecular formula is C19H17NO4. The van der Waals surface area contributed by atoms with Gasteiger partial charge in [-0.25, -0.2) is 4.79 Å². The molecule has 0 N–H and O–H groups in total. The molecule has 1 heterocycles. The highest BCUT2D eigenvalue weighted by molar-refractivity contribution is 5.90. The third kappa shape index (κ3) is 3.01. The number of benzene rings is 2. The Labute approximate surface area is 139 Å². The lowest BCUT2D eigenvalue weighted by Gasteiger charge is -2.04. The molecule has 5 heteroatoms. The highest BCUT2D eigenvalue weighted by Gasteiger charge is 2.13. The van der Waals surface area contributed by atoms with Gasteiger partial charge in [0.15, 0.2) is 5.76 Å². The van der Waals surface area contributed by atoms with Crippen LogP contribution in [0.5, 0.6) is 5.75 Å². The summed E-state index contributed by atoms with van der Waals surface area (Å²) in [6, 6.07) is 14.7. The Balaban J connectivity index is 1.95. The fourth-order valence-electron chi connectivity index (χ4n) is 2.50. The van der Waals surface area contributed by atoms with Crippen molar-refractivity contribution in [2.24, 2.45) is 0 Å². The lowest BCUT2D eigenvalue weighted by molar-refractivity contribution is 0.0601. The number of aryl methyl sites for hydroxylation is 1. The molecule has 0 fully saturated rings. The minimum Gasteiger partial charge on any atom is -0.497 e. The van der Waals surface area contributed by atoms with Crippen LogP contribution in [0.3, 0.4) is 0 Å². The van der Waals surface area contributed by atoms with Crippen LogP contribution in [0.15, 0.2) is 53.1 Å². The molecule has 0 aliphatic rings. The first kappa shape index (κ1) is 15.8. The zero-order valence-corrected chi connectivity index (χ0v) is 13.7. The van der Waals surface area contributed by atoms with Crippen LogP contribution >= 0.6 is 0 Å². The predicted octanol–water partition coefficient (Wildman–Crippen LogP) is 4.11. The summed E-state index contributed by atoms with van der Waals surface area (Å²) in [5, 5.41) is 4.11. The highest BCUT2D eigenvalue weighted by Crippen LogP contribution is 2.30. The van der Waals surface area contributed by atoms with Gasteiger partial charge in [0, 0.05) is 17.2 Å². The molecule has 0 saturated heterocycles. The maximum Gasteiger partial charge on any atom is 0.337 e. The third-order valence-electron chi connectivity index (χ3n) is 3.79. The molecule has 0 aliphatic heterocycles. The molecule has 0 saturated carbocycles. The molecule has 0 atom stereocenters. The second-order valence-corrected chi connectivity index (χ2v) is 5.33. The van der Waals surface area contributed by atoms with Crippen LogP contribution in [0.25, 0.3) is 22.6 Å². The molecule has 5 nitrogen and oxygen atoms in total. The van der Waals surface area contributed by atoms with E-state index in [9.17, 15) is 4.79 Å². The summed E-state index contributed by atoms with van der Waals surface area (Å²) in [6.07, 6.45) is 0. The molecule has 0 amide bonds. The van der Waals surface area contributed by atoms with Crippen LogP contribution in [0.4, 0.5) is 0 Å². The molecule has 0 aliphatic carbocycles. The topological polar surface area (TPSA) is 61.6 Å². The van der Waals surface area contributed by atoms with Gasteiger partial charge in [-0.05, 0) is 42.8 Å². The lowest BCUT2D eigenvalue weighted by atomic mass is 10.0. The number of hydrogen-bond donors (Lipinski definition) is 0. The summed E-state index contributed by atoms with van der Waals surface area (Å²) in [5.74, 6) is 1.07. The first-order chi connectivity index (χ1) is 11.6. The van der Waals surface area contributed by atoms with Gasteiger partial charge in [0.1, 0.15) is 11.4 Å². The normalized spacial score (nSPS) is 10.5. The number of rotatable bonds is 4. The van der Waals surface area contributed by atoms with E-state index in [4.69, 9.17) is 14.0 Å². The van der Waals surface area contributed by atoms with E-state index in [1.807, 2.05) is 37.3 Å². The number of esters is 1. The average Bonchev–Trinajstić information content (AvgIpc) is 3.10. The fraction of sp³-hybridized carbons (Fsp3) is 0.158. The van der Waals surface area contributed by atoms with Gasteiger partial charge < -0.3 is 14.0 Å². The maximum absolute atomic E-state index is 11.7. The maximum atomic E-state index is 11.7. The van der Waals surface area contributed by atoms with Gasteiger partial charge in [-0.3, -0.25) is 0 Å². The van der Waals surface area contributed by atoms with Crippen LogP contribution in [0, 0.1) is 6.92 Å². The Morgan fingerprint density at radius 2 is 1.92 bits per heavy atom. The quantitative estimate of drug-likeness (QED) is 0.676. The van der Waals surface area contributed by atoms with Crippen molar-refractivity contribution in [3.8, 4) is 28.3 Å². The Morgan fingerprint density at radius 1 is 1.08 bits per heavy atom. The van der Waals surface area contributed by atoms with Gasteiger partial charge >= 0.3 is 5.97 Å². The van der Waals surface area contributed by atoms with Gasteiger partial charge in [0.25, 0.3) is 0 Å². The molecule has 24 heavy (non-hydrogen) atoms. The summed E-state index contributed by atoms with van der Waals surface area (Å²) in [4.78, 5) is 11.7. The molecule has 1 aromatic heterocycles. The molecule has 0 radical (unpaired) electrons. The summed E-state index contributed by atoms with van der Waals surface area (Å²) in [5.41, 5.74) is 3.89. The van der Waals surface area contributed by atoms with Crippen LogP contribution in [-0.4, -0.2) is 25.3 Å². The van der Waals surface area contributed by atoms with E-state index in [1.165, 1.54) is 7.11 Å². The largest absolute Gasteiger partial charge is 0.497 e. The molecular weight excluding hydrogens is 306 g/mol. The Morgan fingerprint density at radius 3 is 2.62 bits per heavy atom. The molecule has 2 aromatic carbocycles. The van der Waals surface area contributed by atoms with Crippen molar-refractivity contribution < 1.29 is 18.8 Å². The van der Waals surface area contributed by atoms with Crippen LogP contribution in [0.2, 0.25) is 0 Å². The second-order valence-electron chi connectivity index (χ2n) is 5.33. The van der Waals surface area contributed by atoms with Gasteiger partial charge in [0.2, 0.25) is 0 Å². The first-order valence-corrected chi connectivity index (χ1v) is 7.43. The Kier molecular flexibility index (Phi) is 4.33. The number of carbonyl (C=O) groups is 1. The minimum atomic E-state index is -0.383. The summed E-state index contributed by atoms with van der Waals surface area (Å²) in [6.45, 7) is 1.98. The predicted molar refractivity (Wildman–Crippen MR) is 90.0 cm³/mol. The van der Waals surface area contributed by atoms with E-state index >= 15 is 0 Å². The van der Waals surface area contributed by atoms with Crippen LogP contribution in [0.1, 0.15) is 15.9 Å². The van der Waals surface area contributed by atoms with Crippen LogP contribution < -0.4 is 4.74 Å². The van der Waals surface area contributed by atoms with Crippen molar-refractivity contribution in [2.45, 2.75) is 6.92 Å². The number of ether oxygens (including phenoxy) is 2. The van der Waals surface area contributed by atoms with Gasteiger partial charge in [0.05, 0.1) is 19.8 Å². The molecule has 0 bridgehead atoms. The van der Waals surface area contributed by atoms with E-state index in [-0.39, 0.29) is 5.97 Å². The van der Waals surface area contributed by atoms with Crippen molar-refractivity contribution in [1.82, 2.24) is 5.16 Å². The smallest absolute Gasteiger partial charge is 0.337 e. The Bertz CT molecular complexity index is 883. The Hall–Kier alpha value is -3.08. The number of carbonyl (C=O) groups excluding carboxylic acids is 1. The number of methoxy groups -OCH3 is 2. The van der Waals surface area contributed by atoms with Crippen molar-refractivity contribution >= 4 is 5.97 Å². The van der Waals surface area contributed by atoms with Gasteiger partial charge in [-0.2, -0.15) is 0 Å². The minimum absolute atomic E-state index is 0.383. The first-order valence-electron chi connectivity index (χ1n) is 7.43. The van der Waals surface area contributed by atoms with Crippen molar-refractivity contribution in [3.05, 3.63) is 59.7 Å². The van der Waals surface area contributed by atoms with E-state index < -0.39 is 0 Å². The number of nitrogens with zero attached hydrogens (tertiary/aromatic N) is 1. The van der Waals surface area contributed by atoms with Crippen LogP contribution in [-0.2, 0) is 4.74 Å². The number of hydrogen-bond acceptors (Lipinski definition) is 5. The zero-order chi connectivity index (χ0) is 17.1. The molecule has 0 spiro atoms. The summed E-state index contributed by atoms with van der Waals surface area (Å²) < 4.78 is 15.4. The van der Waals surface area contributed by atoms with Gasteiger partial charge in [-0.1, -0.05) is 17.3 Å². The van der Waals surface area contributed by atoms with E-state index in [0.717, 1.165) is 22.4 Å². The van der Waals surface area contributed by atoms with Crippen molar-refractivity contribution in [2.75, 3.05) is 14.2 Å². The van der Waals surface area contributed by atoms with Gasteiger partial charge in [-0.15, -0.1) is 0 Å². The molecule has 0 unspecified atom stereocenters. The molecule has 122 valence electrons. The summed E-state index contributed by atoms with van der Waals surface area (Å²) in [7, 11) is 2.99. The molecule has 3 rings (SSSR count). The SMILES string of the molecule is COC(=O)c1cccc(-c2cc(-c3ccc(OC)cc3C)on2)c1. The zero-order valence-electron chi connectivity index (χ0n) is 13.7. The summed E-state index contributed by atoms with van der Waals surface area (Å²) >= 11 is 0. The molecule has 3 aromatic rings. The van der Waals surface area contributed by atoms with Crippen molar-refractivity contribution in [3.63, 3.8) is 0 Å². The monoisotopic (exact) mass is 323 g/mol. The fourth-order valence-corrected chi connectivity index (χ4v) is 2.50. The standard InChI is InChI=1S/C19H17NO4/c1-12-9-15(22-2)7-8-16(12)18-11-17(20-24-18)13-5-4-6-14(10-13)19(21)23-3/h4-11H,1-3H3. The second kappa shape index (κ2) is 6.58. The highest BCUT2D eigenvalue weighted by atomic mass is 16.5. The third-order valence-corrected chi connectivity index (χ3v) is 3.79.